The molecular formula is C22H24N4O3S2. The predicted molar refractivity (Wildman–Crippen MR) is 124 cm³/mol. The zero-order valence-corrected chi connectivity index (χ0v) is 18.8. The first-order valence-corrected chi connectivity index (χ1v) is 12.4. The Bertz CT molecular complexity index is 1170. The zero-order valence-electron chi connectivity index (χ0n) is 17.2. The van der Waals surface area contributed by atoms with Crippen LogP contribution in [0.5, 0.6) is 5.75 Å². The van der Waals surface area contributed by atoms with Crippen molar-refractivity contribution >= 4 is 32.7 Å². The van der Waals surface area contributed by atoms with Gasteiger partial charge in [-0.05, 0) is 37.1 Å². The normalized spacial score (nSPS) is 15.3. The number of rotatable bonds is 7. The number of thiazole rings is 1. The molecule has 0 saturated carbocycles. The molecule has 1 fully saturated rings. The number of nitrogens with one attached hydrogen (secondary N) is 1. The average Bonchev–Trinajstić information content (AvgIpc) is 3.29. The summed E-state index contributed by atoms with van der Waals surface area (Å²) < 4.78 is 32.8. The maximum Gasteiger partial charge on any atom is 0.243 e. The molecule has 1 aliphatic heterocycles. The van der Waals surface area contributed by atoms with Gasteiger partial charge in [-0.3, -0.25) is 5.43 Å². The summed E-state index contributed by atoms with van der Waals surface area (Å²) in [6.07, 6.45) is 4.58. The summed E-state index contributed by atoms with van der Waals surface area (Å²) in [5.74, 6) is 0.736. The van der Waals surface area contributed by atoms with Gasteiger partial charge in [0.15, 0.2) is 0 Å². The van der Waals surface area contributed by atoms with Gasteiger partial charge in [0.25, 0.3) is 0 Å². The summed E-state index contributed by atoms with van der Waals surface area (Å²) in [5.41, 5.74) is 5.24. The van der Waals surface area contributed by atoms with Crippen LogP contribution in [0.15, 0.2) is 63.9 Å². The maximum absolute atomic E-state index is 13.0. The van der Waals surface area contributed by atoms with E-state index in [1.54, 1.807) is 35.8 Å². The van der Waals surface area contributed by atoms with Crippen molar-refractivity contribution < 1.29 is 13.2 Å². The molecule has 7 nitrogen and oxygen atoms in total. The predicted octanol–water partition coefficient (Wildman–Crippen LogP) is 4.44. The smallest absolute Gasteiger partial charge is 0.243 e. The van der Waals surface area contributed by atoms with E-state index >= 15 is 0 Å². The number of sulfonamides is 1. The average molecular weight is 457 g/mol. The standard InChI is InChI=1S/C22H24N4O3S2/c1-29-21-11-4-3-8-18(21)15-23-25-22-24-20(16-30-22)17-9-7-10-19(14-17)31(27,28)26-12-5-2-6-13-26/h3-4,7-11,14-16H,2,5-6,12-13H2,1H3,(H,24,25). The first-order valence-electron chi connectivity index (χ1n) is 10.1. The second kappa shape index (κ2) is 9.59. The lowest BCUT2D eigenvalue weighted by atomic mass is 10.2. The van der Waals surface area contributed by atoms with Gasteiger partial charge in [-0.15, -0.1) is 11.3 Å². The summed E-state index contributed by atoms with van der Waals surface area (Å²) in [7, 11) is -1.86. The third-order valence-electron chi connectivity index (χ3n) is 5.09. The van der Waals surface area contributed by atoms with Gasteiger partial charge in [-0.2, -0.15) is 9.41 Å². The Hall–Kier alpha value is -2.75. The number of aromatic nitrogens is 1. The van der Waals surface area contributed by atoms with E-state index in [-0.39, 0.29) is 0 Å². The minimum absolute atomic E-state index is 0.309. The minimum Gasteiger partial charge on any atom is -0.496 e. The van der Waals surface area contributed by atoms with Crippen LogP contribution in [-0.4, -0.2) is 44.1 Å². The van der Waals surface area contributed by atoms with Crippen molar-refractivity contribution in [2.45, 2.75) is 24.2 Å². The Morgan fingerprint density at radius 2 is 1.94 bits per heavy atom. The molecule has 162 valence electrons. The molecule has 0 radical (unpaired) electrons. The van der Waals surface area contributed by atoms with Gasteiger partial charge in [0, 0.05) is 29.6 Å². The molecule has 2 aromatic carbocycles. The quantitative estimate of drug-likeness (QED) is 0.420. The Balaban J connectivity index is 1.49. The van der Waals surface area contributed by atoms with Gasteiger partial charge in [-0.25, -0.2) is 13.4 Å². The van der Waals surface area contributed by atoms with E-state index in [0.717, 1.165) is 36.1 Å². The first-order chi connectivity index (χ1) is 15.1. The summed E-state index contributed by atoms with van der Waals surface area (Å²) in [6, 6.07) is 14.6. The van der Waals surface area contributed by atoms with E-state index in [4.69, 9.17) is 4.74 Å². The molecule has 1 aliphatic rings. The lowest BCUT2D eigenvalue weighted by molar-refractivity contribution is 0.346. The van der Waals surface area contributed by atoms with Crippen LogP contribution in [0.4, 0.5) is 5.13 Å². The number of ether oxygens (including phenoxy) is 1. The molecule has 1 saturated heterocycles. The molecule has 0 atom stereocenters. The molecule has 0 bridgehead atoms. The second-order valence-electron chi connectivity index (χ2n) is 7.14. The highest BCUT2D eigenvalue weighted by atomic mass is 32.2. The minimum atomic E-state index is -3.48. The molecule has 4 rings (SSSR count). The van der Waals surface area contributed by atoms with Crippen LogP contribution in [0.2, 0.25) is 0 Å². The van der Waals surface area contributed by atoms with Crippen molar-refractivity contribution in [1.29, 1.82) is 0 Å². The lowest BCUT2D eigenvalue weighted by Crippen LogP contribution is -2.35. The fourth-order valence-electron chi connectivity index (χ4n) is 3.46. The van der Waals surface area contributed by atoms with E-state index < -0.39 is 10.0 Å². The highest BCUT2D eigenvalue weighted by Crippen LogP contribution is 2.28. The third kappa shape index (κ3) is 4.95. The molecule has 2 heterocycles. The van der Waals surface area contributed by atoms with Gasteiger partial charge >= 0.3 is 0 Å². The summed E-state index contributed by atoms with van der Waals surface area (Å²) in [6.45, 7) is 1.17. The molecule has 9 heteroatoms. The molecule has 0 unspecified atom stereocenters. The maximum atomic E-state index is 13.0. The Morgan fingerprint density at radius 1 is 1.13 bits per heavy atom. The SMILES string of the molecule is COc1ccccc1C=NNc1nc(-c2cccc(S(=O)(=O)N3CCCCC3)c2)cs1. The largest absolute Gasteiger partial charge is 0.496 e. The molecule has 31 heavy (non-hydrogen) atoms. The van der Waals surface area contributed by atoms with Gasteiger partial charge in [0.1, 0.15) is 5.75 Å². The second-order valence-corrected chi connectivity index (χ2v) is 9.94. The fraction of sp³-hybridized carbons (Fsp3) is 0.273. The van der Waals surface area contributed by atoms with Gasteiger partial charge in [0.2, 0.25) is 15.2 Å². The number of hydrogen-bond donors (Lipinski definition) is 1. The highest BCUT2D eigenvalue weighted by molar-refractivity contribution is 7.89. The molecule has 1 N–H and O–H groups in total. The van der Waals surface area contributed by atoms with Crippen LogP contribution in [0, 0.1) is 0 Å². The van der Waals surface area contributed by atoms with E-state index in [2.05, 4.69) is 15.5 Å². The molecule has 0 aliphatic carbocycles. The summed E-state index contributed by atoms with van der Waals surface area (Å²) >= 11 is 1.40. The van der Waals surface area contributed by atoms with Gasteiger partial charge in [0.05, 0.1) is 23.9 Å². The number of piperidine rings is 1. The van der Waals surface area contributed by atoms with Crippen molar-refractivity contribution in [2.75, 3.05) is 25.6 Å². The topological polar surface area (TPSA) is 83.9 Å². The van der Waals surface area contributed by atoms with Gasteiger partial charge < -0.3 is 4.74 Å². The number of para-hydroxylation sites is 1. The zero-order chi connectivity index (χ0) is 21.7. The first kappa shape index (κ1) is 21.5. The van der Waals surface area contributed by atoms with Crippen LogP contribution in [-0.2, 0) is 10.0 Å². The van der Waals surface area contributed by atoms with E-state index in [0.29, 0.717) is 28.8 Å². The van der Waals surface area contributed by atoms with Crippen LogP contribution < -0.4 is 10.2 Å². The van der Waals surface area contributed by atoms with E-state index in [1.807, 2.05) is 35.7 Å². The lowest BCUT2D eigenvalue weighted by Gasteiger charge is -2.26. The van der Waals surface area contributed by atoms with Crippen LogP contribution >= 0.6 is 11.3 Å². The summed E-state index contributed by atoms with van der Waals surface area (Å²) in [4.78, 5) is 4.85. The van der Waals surface area contributed by atoms with Crippen LogP contribution in [0.3, 0.4) is 0 Å². The number of hydrogen-bond acceptors (Lipinski definition) is 7. The third-order valence-corrected chi connectivity index (χ3v) is 7.73. The van der Waals surface area contributed by atoms with Crippen LogP contribution in [0.25, 0.3) is 11.3 Å². The number of nitrogens with zero attached hydrogens (tertiary/aromatic N) is 3. The van der Waals surface area contributed by atoms with Crippen LogP contribution in [0.1, 0.15) is 24.8 Å². The Labute approximate surface area is 186 Å². The Kier molecular flexibility index (Phi) is 6.64. The van der Waals surface area contributed by atoms with E-state index in [1.165, 1.54) is 11.3 Å². The highest BCUT2D eigenvalue weighted by Gasteiger charge is 2.26. The van der Waals surface area contributed by atoms with Crippen molar-refractivity contribution in [3.05, 3.63) is 59.5 Å². The molecule has 1 aromatic heterocycles. The van der Waals surface area contributed by atoms with Crippen molar-refractivity contribution in [3.8, 4) is 17.0 Å². The van der Waals surface area contributed by atoms with Crippen molar-refractivity contribution in [2.24, 2.45) is 5.10 Å². The summed E-state index contributed by atoms with van der Waals surface area (Å²) in [5, 5.41) is 6.73. The number of methoxy groups -OCH3 is 1. The Morgan fingerprint density at radius 3 is 2.74 bits per heavy atom. The van der Waals surface area contributed by atoms with Crippen molar-refractivity contribution in [3.63, 3.8) is 0 Å². The molecule has 3 aromatic rings. The number of benzene rings is 2. The fourth-order valence-corrected chi connectivity index (χ4v) is 5.69. The van der Waals surface area contributed by atoms with E-state index in [9.17, 15) is 8.42 Å². The molecular weight excluding hydrogens is 432 g/mol. The number of anilines is 1. The molecule has 0 spiro atoms. The van der Waals surface area contributed by atoms with Gasteiger partial charge in [-0.1, -0.05) is 30.7 Å². The number of hydrazone groups is 1. The molecule has 0 amide bonds. The monoisotopic (exact) mass is 456 g/mol. The van der Waals surface area contributed by atoms with Crippen molar-refractivity contribution in [1.82, 2.24) is 9.29 Å².